The molecule has 0 spiro atoms. The van der Waals surface area contributed by atoms with Gasteiger partial charge in [-0.25, -0.2) is 4.79 Å². The fraction of sp³-hybridized carbons (Fsp3) is 0.333. The summed E-state index contributed by atoms with van der Waals surface area (Å²) in [6.45, 7) is 0. The Morgan fingerprint density at radius 1 is 1.12 bits per heavy atom. The van der Waals surface area contributed by atoms with Crippen LogP contribution in [0, 0.1) is 0 Å². The molecule has 0 radical (unpaired) electrons. The first-order valence-electron chi connectivity index (χ1n) is 10.8. The Balaban J connectivity index is 1.57. The second kappa shape index (κ2) is 10.4. The summed E-state index contributed by atoms with van der Waals surface area (Å²) in [6.07, 6.45) is 4.40. The van der Waals surface area contributed by atoms with Crippen molar-refractivity contribution in [3.05, 3.63) is 59.1 Å². The quantitative estimate of drug-likeness (QED) is 0.336. The molecule has 172 valence electrons. The lowest BCUT2D eigenvalue weighted by Crippen LogP contribution is -2.29. The van der Waals surface area contributed by atoms with Gasteiger partial charge in [-0.3, -0.25) is 9.36 Å². The Morgan fingerprint density at radius 2 is 1.82 bits per heavy atom. The van der Waals surface area contributed by atoms with Crippen molar-refractivity contribution in [2.24, 2.45) is 0 Å². The molecule has 1 aliphatic carbocycles. The van der Waals surface area contributed by atoms with Gasteiger partial charge in [0, 0.05) is 18.7 Å². The van der Waals surface area contributed by atoms with E-state index in [1.54, 1.807) is 31.3 Å². The molecule has 2 aromatic carbocycles. The summed E-state index contributed by atoms with van der Waals surface area (Å²) in [5.41, 5.74) is 1.68. The number of hydrogen-bond donors (Lipinski definition) is 0. The van der Waals surface area contributed by atoms with Gasteiger partial charge in [0.25, 0.3) is 0 Å². The van der Waals surface area contributed by atoms with Crippen molar-refractivity contribution in [2.75, 3.05) is 24.8 Å². The summed E-state index contributed by atoms with van der Waals surface area (Å²) >= 11 is 7.79. The van der Waals surface area contributed by atoms with Crippen LogP contribution in [-0.4, -0.2) is 46.6 Å². The molecule has 0 aliphatic heterocycles. The molecule has 0 N–H and O–H groups in total. The van der Waals surface area contributed by atoms with Crippen LogP contribution in [0.3, 0.4) is 0 Å². The van der Waals surface area contributed by atoms with Gasteiger partial charge in [0.1, 0.15) is 0 Å². The van der Waals surface area contributed by atoms with Gasteiger partial charge in [-0.1, -0.05) is 60.5 Å². The summed E-state index contributed by atoms with van der Waals surface area (Å²) in [4.78, 5) is 26.6. The predicted molar refractivity (Wildman–Crippen MR) is 130 cm³/mol. The molecule has 0 saturated heterocycles. The number of anilines is 1. The molecule has 0 bridgehead atoms. The first kappa shape index (κ1) is 23.3. The van der Waals surface area contributed by atoms with E-state index in [1.807, 2.05) is 24.3 Å². The highest BCUT2D eigenvalue weighted by Gasteiger charge is 2.27. The first-order valence-corrected chi connectivity index (χ1v) is 12.1. The fourth-order valence-electron chi connectivity index (χ4n) is 4.10. The number of benzene rings is 2. The number of halogens is 1. The Bertz CT molecular complexity index is 1160. The monoisotopic (exact) mass is 484 g/mol. The third-order valence-electron chi connectivity index (χ3n) is 5.84. The second-order valence-electron chi connectivity index (χ2n) is 7.84. The van der Waals surface area contributed by atoms with Crippen LogP contribution in [0.25, 0.3) is 11.4 Å². The number of aromatic nitrogens is 3. The van der Waals surface area contributed by atoms with Gasteiger partial charge < -0.3 is 9.64 Å². The van der Waals surface area contributed by atoms with Gasteiger partial charge in [0.15, 0.2) is 11.0 Å². The van der Waals surface area contributed by atoms with Crippen LogP contribution in [0.5, 0.6) is 0 Å². The van der Waals surface area contributed by atoms with E-state index in [0.29, 0.717) is 21.4 Å². The zero-order chi connectivity index (χ0) is 23.4. The molecule has 3 aromatic rings. The molecule has 1 aliphatic rings. The average molecular weight is 485 g/mol. The highest BCUT2D eigenvalue weighted by molar-refractivity contribution is 7.99. The second-order valence-corrected chi connectivity index (χ2v) is 9.19. The number of ether oxygens (including phenoxy) is 1. The highest BCUT2D eigenvalue weighted by atomic mass is 35.5. The molecule has 1 saturated carbocycles. The lowest BCUT2D eigenvalue weighted by molar-refractivity contribution is -0.115. The Kier molecular flexibility index (Phi) is 7.35. The molecule has 1 heterocycles. The van der Waals surface area contributed by atoms with Crippen LogP contribution < -0.4 is 4.90 Å². The number of esters is 1. The number of nitrogens with zero attached hydrogens (tertiary/aromatic N) is 4. The molecule has 1 fully saturated rings. The summed E-state index contributed by atoms with van der Waals surface area (Å²) in [7, 11) is 2.98. The van der Waals surface area contributed by atoms with Crippen molar-refractivity contribution in [3.8, 4) is 11.4 Å². The minimum Gasteiger partial charge on any atom is -0.465 e. The smallest absolute Gasteiger partial charge is 0.339 e. The standard InChI is InChI=1S/C24H25ClN4O3S/c1-28(20-14-8-6-12-18(20)23(31)32-2)21(30)15-33-24-27-26-22(17-11-5-7-13-19(17)25)29(24)16-9-3-4-10-16/h5-8,11-14,16H,3-4,9-10,15H2,1-2H3. The van der Waals surface area contributed by atoms with E-state index in [4.69, 9.17) is 16.3 Å². The minimum atomic E-state index is -0.483. The van der Waals surface area contributed by atoms with Crippen molar-refractivity contribution in [3.63, 3.8) is 0 Å². The van der Waals surface area contributed by atoms with Crippen molar-refractivity contribution >= 4 is 40.9 Å². The zero-order valence-electron chi connectivity index (χ0n) is 18.5. The number of thioether (sulfide) groups is 1. The fourth-order valence-corrected chi connectivity index (χ4v) is 5.24. The van der Waals surface area contributed by atoms with Crippen LogP contribution in [0.1, 0.15) is 42.1 Å². The molecule has 0 unspecified atom stereocenters. The predicted octanol–water partition coefficient (Wildman–Crippen LogP) is 5.26. The number of rotatable bonds is 7. The van der Waals surface area contributed by atoms with Crippen LogP contribution in [0.4, 0.5) is 5.69 Å². The molecule has 1 amide bonds. The molecule has 9 heteroatoms. The van der Waals surface area contributed by atoms with Gasteiger partial charge in [-0.15, -0.1) is 10.2 Å². The van der Waals surface area contributed by atoms with Crippen LogP contribution in [0.2, 0.25) is 5.02 Å². The van der Waals surface area contributed by atoms with Gasteiger partial charge in [-0.2, -0.15) is 0 Å². The summed E-state index contributed by atoms with van der Waals surface area (Å²) in [6, 6.07) is 14.8. The van der Waals surface area contributed by atoms with Gasteiger partial charge >= 0.3 is 5.97 Å². The number of amides is 1. The van der Waals surface area contributed by atoms with E-state index >= 15 is 0 Å². The summed E-state index contributed by atoms with van der Waals surface area (Å²) in [5, 5.41) is 10.2. The van der Waals surface area contributed by atoms with Crippen LogP contribution in [0.15, 0.2) is 53.7 Å². The van der Waals surface area contributed by atoms with E-state index in [9.17, 15) is 9.59 Å². The zero-order valence-corrected chi connectivity index (χ0v) is 20.1. The Labute approximate surface area is 202 Å². The molecular weight excluding hydrogens is 460 g/mol. The van der Waals surface area contributed by atoms with Crippen molar-refractivity contribution in [1.82, 2.24) is 14.8 Å². The number of carbonyl (C=O) groups excluding carboxylic acids is 2. The molecule has 7 nitrogen and oxygen atoms in total. The van der Waals surface area contributed by atoms with Crippen LogP contribution in [-0.2, 0) is 9.53 Å². The number of hydrogen-bond acceptors (Lipinski definition) is 6. The lowest BCUT2D eigenvalue weighted by atomic mass is 10.1. The summed E-state index contributed by atoms with van der Waals surface area (Å²) in [5.74, 6) is 0.242. The van der Waals surface area contributed by atoms with E-state index in [-0.39, 0.29) is 17.7 Å². The summed E-state index contributed by atoms with van der Waals surface area (Å²) < 4.78 is 6.98. The maximum atomic E-state index is 13.0. The van der Waals surface area contributed by atoms with Crippen molar-refractivity contribution < 1.29 is 14.3 Å². The van der Waals surface area contributed by atoms with Gasteiger partial charge in [0.2, 0.25) is 5.91 Å². The molecule has 0 atom stereocenters. The third kappa shape index (κ3) is 4.91. The highest BCUT2D eigenvalue weighted by Crippen LogP contribution is 2.38. The van der Waals surface area contributed by atoms with Gasteiger partial charge in [0.05, 0.1) is 29.1 Å². The molecule has 4 rings (SSSR count). The molecule has 1 aromatic heterocycles. The average Bonchev–Trinajstić information content (AvgIpc) is 3.51. The van der Waals surface area contributed by atoms with Crippen LogP contribution >= 0.6 is 23.4 Å². The minimum absolute atomic E-state index is 0.152. The normalized spacial score (nSPS) is 13.8. The Hall–Kier alpha value is -2.84. The SMILES string of the molecule is COC(=O)c1ccccc1N(C)C(=O)CSc1nnc(-c2ccccc2Cl)n1C1CCCC1. The molecular formula is C24H25ClN4O3S. The van der Waals surface area contributed by atoms with Gasteiger partial charge in [-0.05, 0) is 37.1 Å². The van der Waals surface area contributed by atoms with Crippen molar-refractivity contribution in [1.29, 1.82) is 0 Å². The largest absolute Gasteiger partial charge is 0.465 e. The van der Waals surface area contributed by atoms with Crippen molar-refractivity contribution in [2.45, 2.75) is 36.9 Å². The van der Waals surface area contributed by atoms with E-state index in [0.717, 1.165) is 37.1 Å². The number of para-hydroxylation sites is 1. The Morgan fingerprint density at radius 3 is 2.55 bits per heavy atom. The number of methoxy groups -OCH3 is 1. The van der Waals surface area contributed by atoms with E-state index in [1.165, 1.54) is 23.8 Å². The maximum absolute atomic E-state index is 13.0. The number of carbonyl (C=O) groups is 2. The van der Waals surface area contributed by atoms with E-state index in [2.05, 4.69) is 14.8 Å². The third-order valence-corrected chi connectivity index (χ3v) is 7.10. The lowest BCUT2D eigenvalue weighted by Gasteiger charge is -2.20. The van der Waals surface area contributed by atoms with E-state index < -0.39 is 5.97 Å². The maximum Gasteiger partial charge on any atom is 0.339 e. The topological polar surface area (TPSA) is 77.3 Å². The first-order chi connectivity index (χ1) is 16.0. The molecule has 33 heavy (non-hydrogen) atoms.